The Bertz CT molecular complexity index is 837. The number of aryl methyl sites for hydroxylation is 1. The van der Waals surface area contributed by atoms with Crippen molar-refractivity contribution in [2.75, 3.05) is 26.2 Å². The van der Waals surface area contributed by atoms with Crippen LogP contribution < -0.4 is 5.32 Å². The van der Waals surface area contributed by atoms with Crippen molar-refractivity contribution in [1.82, 2.24) is 24.7 Å². The Balaban J connectivity index is 1.48. The van der Waals surface area contributed by atoms with Crippen molar-refractivity contribution in [3.63, 3.8) is 0 Å². The summed E-state index contributed by atoms with van der Waals surface area (Å²) in [6.45, 7) is 5.84. The molecule has 0 unspecified atom stereocenters. The van der Waals surface area contributed by atoms with Gasteiger partial charge in [0.15, 0.2) is 0 Å². The van der Waals surface area contributed by atoms with Crippen molar-refractivity contribution in [2.45, 2.75) is 32.9 Å². The Labute approximate surface area is 158 Å². The van der Waals surface area contributed by atoms with Gasteiger partial charge < -0.3 is 19.7 Å². The van der Waals surface area contributed by atoms with Gasteiger partial charge in [0.05, 0.1) is 17.4 Å². The van der Waals surface area contributed by atoms with Gasteiger partial charge in [-0.25, -0.2) is 4.98 Å². The predicted molar refractivity (Wildman–Crippen MR) is 101 cm³/mol. The van der Waals surface area contributed by atoms with Crippen molar-refractivity contribution < 1.29 is 14.4 Å². The first kappa shape index (κ1) is 18.9. The Hall–Kier alpha value is -2.90. The first-order valence-electron chi connectivity index (χ1n) is 9.23. The van der Waals surface area contributed by atoms with Crippen LogP contribution in [0.4, 0.5) is 0 Å². The van der Waals surface area contributed by atoms with Crippen molar-refractivity contribution in [3.05, 3.63) is 30.6 Å². The molecule has 1 N–H and O–H groups in total. The van der Waals surface area contributed by atoms with Crippen LogP contribution >= 0.6 is 0 Å². The van der Waals surface area contributed by atoms with E-state index >= 15 is 0 Å². The van der Waals surface area contributed by atoms with Crippen LogP contribution in [0.1, 0.15) is 20.3 Å². The molecule has 1 fully saturated rings. The number of aromatic nitrogens is 2. The Kier molecular flexibility index (Phi) is 5.73. The minimum absolute atomic E-state index is 0.0477. The summed E-state index contributed by atoms with van der Waals surface area (Å²) in [4.78, 5) is 44.0. The van der Waals surface area contributed by atoms with Crippen LogP contribution in [0.5, 0.6) is 0 Å². The largest absolute Gasteiger partial charge is 0.346 e. The lowest BCUT2D eigenvalue weighted by Gasteiger charge is -2.34. The highest BCUT2D eigenvalue weighted by Gasteiger charge is 2.27. The molecule has 0 saturated carbocycles. The minimum atomic E-state index is -0.586. The average molecular weight is 371 g/mol. The quantitative estimate of drug-likeness (QED) is 0.799. The summed E-state index contributed by atoms with van der Waals surface area (Å²) in [7, 11) is 0. The first-order valence-corrected chi connectivity index (χ1v) is 9.23. The summed E-state index contributed by atoms with van der Waals surface area (Å²) >= 11 is 0. The number of fused-ring (bicyclic) bond motifs is 1. The molecule has 8 heteroatoms. The molecule has 0 atom stereocenters. The average Bonchev–Trinajstić information content (AvgIpc) is 3.08. The molecular formula is C19H25N5O3. The van der Waals surface area contributed by atoms with Crippen molar-refractivity contribution >= 4 is 28.8 Å². The molecule has 1 aromatic heterocycles. The molecule has 1 aliphatic heterocycles. The smallest absolute Gasteiger partial charge is 0.312 e. The molecule has 0 spiro atoms. The van der Waals surface area contributed by atoms with Gasteiger partial charge in [-0.2, -0.15) is 0 Å². The van der Waals surface area contributed by atoms with Gasteiger partial charge in [-0.05, 0) is 26.0 Å². The zero-order valence-electron chi connectivity index (χ0n) is 15.7. The molecule has 27 heavy (non-hydrogen) atoms. The maximum Gasteiger partial charge on any atom is 0.312 e. The second-order valence-corrected chi connectivity index (χ2v) is 6.98. The third kappa shape index (κ3) is 4.45. The molecule has 0 bridgehead atoms. The van der Waals surface area contributed by atoms with E-state index in [0.717, 1.165) is 11.0 Å². The van der Waals surface area contributed by atoms with E-state index in [0.29, 0.717) is 39.1 Å². The number of hydrogen-bond donors (Lipinski definition) is 1. The molecule has 2 aromatic rings. The number of nitrogens with zero attached hydrogens (tertiary/aromatic N) is 4. The molecule has 3 amide bonds. The van der Waals surface area contributed by atoms with Crippen molar-refractivity contribution in [2.24, 2.45) is 0 Å². The maximum atomic E-state index is 12.5. The zero-order chi connectivity index (χ0) is 19.4. The van der Waals surface area contributed by atoms with Gasteiger partial charge in [0.25, 0.3) is 0 Å². The zero-order valence-corrected chi connectivity index (χ0v) is 15.7. The van der Waals surface area contributed by atoms with Gasteiger partial charge in [-0.15, -0.1) is 0 Å². The molecule has 0 radical (unpaired) electrons. The van der Waals surface area contributed by atoms with Gasteiger partial charge in [-0.3, -0.25) is 14.4 Å². The highest BCUT2D eigenvalue weighted by Crippen LogP contribution is 2.13. The van der Waals surface area contributed by atoms with Crippen molar-refractivity contribution in [3.8, 4) is 0 Å². The number of nitrogens with one attached hydrogen (secondary N) is 1. The molecule has 3 rings (SSSR count). The summed E-state index contributed by atoms with van der Waals surface area (Å²) in [5.74, 6) is -1.07. The normalized spacial score (nSPS) is 14.6. The summed E-state index contributed by atoms with van der Waals surface area (Å²) in [6, 6.07) is 7.74. The number of benzene rings is 1. The number of amides is 3. The second kappa shape index (κ2) is 8.20. The summed E-state index contributed by atoms with van der Waals surface area (Å²) < 4.78 is 1.98. The molecule has 1 aliphatic rings. The predicted octanol–water partition coefficient (Wildman–Crippen LogP) is 0.622. The Morgan fingerprint density at radius 2 is 1.74 bits per heavy atom. The Morgan fingerprint density at radius 3 is 2.44 bits per heavy atom. The van der Waals surface area contributed by atoms with Gasteiger partial charge in [0.2, 0.25) is 5.91 Å². The van der Waals surface area contributed by atoms with Crippen LogP contribution in [0.25, 0.3) is 11.0 Å². The van der Waals surface area contributed by atoms with Gasteiger partial charge >= 0.3 is 11.8 Å². The lowest BCUT2D eigenvalue weighted by molar-refractivity contribution is -0.148. The lowest BCUT2D eigenvalue weighted by atomic mass is 10.2. The van der Waals surface area contributed by atoms with Crippen LogP contribution in [-0.2, 0) is 20.9 Å². The van der Waals surface area contributed by atoms with E-state index < -0.39 is 11.8 Å². The number of imidazole rings is 1. The third-order valence-electron chi connectivity index (χ3n) is 4.63. The molecule has 8 nitrogen and oxygen atoms in total. The van der Waals surface area contributed by atoms with Crippen LogP contribution in [0.2, 0.25) is 0 Å². The second-order valence-electron chi connectivity index (χ2n) is 6.98. The van der Waals surface area contributed by atoms with E-state index in [4.69, 9.17) is 0 Å². The van der Waals surface area contributed by atoms with Crippen LogP contribution in [0, 0.1) is 0 Å². The molecule has 1 saturated heterocycles. The summed E-state index contributed by atoms with van der Waals surface area (Å²) in [5.41, 5.74) is 1.92. The van der Waals surface area contributed by atoms with Crippen LogP contribution in [0.3, 0.4) is 0 Å². The van der Waals surface area contributed by atoms with Crippen LogP contribution in [-0.4, -0.2) is 69.3 Å². The number of carbonyl (C=O) groups is 3. The topological polar surface area (TPSA) is 87.5 Å². The third-order valence-corrected chi connectivity index (χ3v) is 4.63. The monoisotopic (exact) mass is 371 g/mol. The van der Waals surface area contributed by atoms with Crippen LogP contribution in [0.15, 0.2) is 30.6 Å². The molecule has 0 aliphatic carbocycles. The van der Waals surface area contributed by atoms with Gasteiger partial charge in [0, 0.05) is 45.2 Å². The van der Waals surface area contributed by atoms with Gasteiger partial charge in [-0.1, -0.05) is 12.1 Å². The number of hydrogen-bond acceptors (Lipinski definition) is 4. The molecular weight excluding hydrogens is 346 g/mol. The lowest BCUT2D eigenvalue weighted by Crippen LogP contribution is -2.54. The summed E-state index contributed by atoms with van der Waals surface area (Å²) in [5, 5.41) is 2.60. The highest BCUT2D eigenvalue weighted by atomic mass is 16.2. The minimum Gasteiger partial charge on any atom is -0.346 e. The molecule has 144 valence electrons. The molecule has 2 heterocycles. The van der Waals surface area contributed by atoms with E-state index in [1.807, 2.05) is 42.7 Å². The number of para-hydroxylation sites is 2. The van der Waals surface area contributed by atoms with Crippen molar-refractivity contribution in [1.29, 1.82) is 0 Å². The SMILES string of the molecule is CC(C)NC(=O)C(=O)N1CCN(C(=O)CCn2cnc3ccccc32)CC1. The number of piperazine rings is 1. The van der Waals surface area contributed by atoms with E-state index in [9.17, 15) is 14.4 Å². The van der Waals surface area contributed by atoms with E-state index in [-0.39, 0.29) is 11.9 Å². The summed E-state index contributed by atoms with van der Waals surface area (Å²) in [6.07, 6.45) is 2.13. The van der Waals surface area contributed by atoms with E-state index in [2.05, 4.69) is 10.3 Å². The van der Waals surface area contributed by atoms with E-state index in [1.165, 1.54) is 4.90 Å². The fourth-order valence-electron chi connectivity index (χ4n) is 3.19. The first-order chi connectivity index (χ1) is 13.0. The standard InChI is InChI=1S/C19H25N5O3/c1-14(2)21-18(26)19(27)23-11-9-22(10-12-23)17(25)7-8-24-13-20-15-5-3-4-6-16(15)24/h3-6,13-14H,7-12H2,1-2H3,(H,21,26). The van der Waals surface area contributed by atoms with Gasteiger partial charge in [0.1, 0.15) is 0 Å². The fourth-order valence-corrected chi connectivity index (χ4v) is 3.19. The highest BCUT2D eigenvalue weighted by molar-refractivity contribution is 6.35. The molecule has 1 aromatic carbocycles. The van der Waals surface area contributed by atoms with E-state index in [1.54, 1.807) is 11.2 Å². The number of carbonyl (C=O) groups excluding carboxylic acids is 3. The fraction of sp³-hybridized carbons (Fsp3) is 0.474. The maximum absolute atomic E-state index is 12.5. The number of rotatable bonds is 4. The Morgan fingerprint density at radius 1 is 1.07 bits per heavy atom.